The summed E-state index contributed by atoms with van der Waals surface area (Å²) in [4.78, 5) is 26.5. The first-order valence-electron chi connectivity index (χ1n) is 9.92. The van der Waals surface area contributed by atoms with Crippen LogP contribution in [0.3, 0.4) is 0 Å². The Kier molecular flexibility index (Phi) is 4.51. The van der Waals surface area contributed by atoms with Crippen molar-refractivity contribution in [2.45, 2.75) is 20.0 Å². The molecule has 6 nitrogen and oxygen atoms in total. The van der Waals surface area contributed by atoms with E-state index in [9.17, 15) is 14.0 Å². The van der Waals surface area contributed by atoms with Gasteiger partial charge in [-0.25, -0.2) is 18.3 Å². The van der Waals surface area contributed by atoms with Gasteiger partial charge in [-0.05, 0) is 42.3 Å². The molecule has 0 bridgehead atoms. The number of rotatable bonds is 4. The number of halogens is 1. The summed E-state index contributed by atoms with van der Waals surface area (Å²) in [6, 6.07) is 20.8. The van der Waals surface area contributed by atoms with Gasteiger partial charge < -0.3 is 0 Å². The minimum Gasteiger partial charge on any atom is -0.272 e. The molecule has 0 aliphatic carbocycles. The minimum atomic E-state index is -0.349. The van der Waals surface area contributed by atoms with Crippen molar-refractivity contribution in [1.82, 2.24) is 18.7 Å². The van der Waals surface area contributed by atoms with Gasteiger partial charge in [-0.15, -0.1) is 5.10 Å². The number of hydrogen-bond acceptors (Lipinski definition) is 3. The van der Waals surface area contributed by atoms with Crippen LogP contribution in [0.5, 0.6) is 0 Å². The highest BCUT2D eigenvalue weighted by molar-refractivity contribution is 5.80. The Hall–Kier alpha value is -4.00. The van der Waals surface area contributed by atoms with Gasteiger partial charge in [0.1, 0.15) is 5.82 Å². The van der Waals surface area contributed by atoms with E-state index in [-0.39, 0.29) is 29.4 Å². The number of aromatic nitrogens is 4. The molecular weight excluding hydrogens is 395 g/mol. The molecule has 0 aliphatic rings. The normalized spacial score (nSPS) is 11.4. The second-order valence-electron chi connectivity index (χ2n) is 7.60. The topological polar surface area (TPSA) is 61.3 Å². The lowest BCUT2D eigenvalue weighted by Crippen LogP contribution is -2.27. The summed E-state index contributed by atoms with van der Waals surface area (Å²) in [7, 11) is 0. The van der Waals surface area contributed by atoms with Gasteiger partial charge in [0, 0.05) is 0 Å². The maximum atomic E-state index is 13.3. The standard InChI is InChI=1S/C24H19FN4O2/c1-16-6-8-18(9-7-16)15-28-24(31)29-21-5-3-2-4-20(21)22(30)27(23(29)26-28)14-17-10-12-19(25)13-11-17/h2-13H,14-15H2,1H3. The zero-order valence-electron chi connectivity index (χ0n) is 16.8. The van der Waals surface area contributed by atoms with E-state index in [1.807, 2.05) is 31.2 Å². The second-order valence-corrected chi connectivity index (χ2v) is 7.60. The van der Waals surface area contributed by atoms with Gasteiger partial charge in [0.2, 0.25) is 5.78 Å². The fourth-order valence-electron chi connectivity index (χ4n) is 3.75. The lowest BCUT2D eigenvalue weighted by molar-refractivity contribution is 0.626. The Bertz CT molecular complexity index is 1530. The quantitative estimate of drug-likeness (QED) is 0.453. The number of para-hydroxylation sites is 1. The van der Waals surface area contributed by atoms with Crippen LogP contribution in [0, 0.1) is 12.7 Å². The fraction of sp³-hybridized carbons (Fsp3) is 0.125. The number of aryl methyl sites for hydroxylation is 1. The van der Waals surface area contributed by atoms with Gasteiger partial charge in [-0.1, -0.05) is 54.1 Å². The van der Waals surface area contributed by atoms with Crippen molar-refractivity contribution in [3.63, 3.8) is 0 Å². The second kappa shape index (κ2) is 7.36. The van der Waals surface area contributed by atoms with Crippen LogP contribution in [-0.2, 0) is 13.1 Å². The molecule has 2 aromatic heterocycles. The van der Waals surface area contributed by atoms with Gasteiger partial charge in [-0.3, -0.25) is 9.36 Å². The summed E-state index contributed by atoms with van der Waals surface area (Å²) in [5.41, 5.74) is 2.75. The first kappa shape index (κ1) is 19.0. The summed E-state index contributed by atoms with van der Waals surface area (Å²) in [5.74, 6) is -0.0940. The van der Waals surface area contributed by atoms with Crippen molar-refractivity contribution in [1.29, 1.82) is 0 Å². The Morgan fingerprint density at radius 1 is 0.839 bits per heavy atom. The smallest absolute Gasteiger partial charge is 0.272 e. The first-order valence-corrected chi connectivity index (χ1v) is 9.92. The van der Waals surface area contributed by atoms with E-state index in [2.05, 4.69) is 5.10 Å². The summed E-state index contributed by atoms with van der Waals surface area (Å²) < 4.78 is 17.6. The molecule has 0 unspecified atom stereocenters. The average Bonchev–Trinajstić information content (AvgIpc) is 3.10. The van der Waals surface area contributed by atoms with Crippen molar-refractivity contribution < 1.29 is 4.39 Å². The number of benzene rings is 3. The SMILES string of the molecule is Cc1ccc(Cn2nc3n(Cc4ccc(F)cc4)c(=O)c4ccccc4n3c2=O)cc1. The molecule has 0 saturated heterocycles. The van der Waals surface area contributed by atoms with Crippen molar-refractivity contribution in [3.8, 4) is 0 Å². The maximum Gasteiger partial charge on any atom is 0.352 e. The predicted octanol–water partition coefficient (Wildman–Crippen LogP) is 3.36. The van der Waals surface area contributed by atoms with Crippen LogP contribution in [0.1, 0.15) is 16.7 Å². The van der Waals surface area contributed by atoms with Gasteiger partial charge in [0.15, 0.2) is 0 Å². The van der Waals surface area contributed by atoms with Crippen molar-refractivity contribution >= 4 is 16.7 Å². The molecule has 154 valence electrons. The fourth-order valence-corrected chi connectivity index (χ4v) is 3.75. The van der Waals surface area contributed by atoms with Crippen LogP contribution >= 0.6 is 0 Å². The van der Waals surface area contributed by atoms with Gasteiger partial charge >= 0.3 is 5.69 Å². The van der Waals surface area contributed by atoms with E-state index in [4.69, 9.17) is 0 Å². The van der Waals surface area contributed by atoms with Gasteiger partial charge in [0.25, 0.3) is 5.56 Å². The molecule has 3 aromatic carbocycles. The Balaban J connectivity index is 1.73. The van der Waals surface area contributed by atoms with Crippen molar-refractivity contribution in [2.75, 3.05) is 0 Å². The van der Waals surface area contributed by atoms with Crippen LogP contribution in [-0.4, -0.2) is 18.7 Å². The molecule has 0 N–H and O–H groups in total. The minimum absolute atomic E-state index is 0.175. The van der Waals surface area contributed by atoms with E-state index < -0.39 is 0 Å². The Labute approximate surface area is 176 Å². The average molecular weight is 414 g/mol. The molecule has 0 saturated carbocycles. The van der Waals surface area contributed by atoms with Crippen LogP contribution in [0.15, 0.2) is 82.4 Å². The van der Waals surface area contributed by atoms with Crippen LogP contribution < -0.4 is 11.2 Å². The third kappa shape index (κ3) is 3.34. The number of hydrogen-bond donors (Lipinski definition) is 0. The Morgan fingerprint density at radius 2 is 1.48 bits per heavy atom. The first-order chi connectivity index (χ1) is 15.0. The molecule has 0 atom stereocenters. The summed E-state index contributed by atoms with van der Waals surface area (Å²) in [6.07, 6.45) is 0. The zero-order valence-corrected chi connectivity index (χ0v) is 16.8. The number of fused-ring (bicyclic) bond motifs is 3. The van der Waals surface area contributed by atoms with Crippen LogP contribution in [0.2, 0.25) is 0 Å². The third-order valence-electron chi connectivity index (χ3n) is 5.39. The molecule has 0 amide bonds. The summed E-state index contributed by atoms with van der Waals surface area (Å²) >= 11 is 0. The monoisotopic (exact) mass is 414 g/mol. The van der Waals surface area contributed by atoms with Gasteiger partial charge in [-0.2, -0.15) is 0 Å². The lowest BCUT2D eigenvalue weighted by Gasteiger charge is -2.09. The van der Waals surface area contributed by atoms with Gasteiger partial charge in [0.05, 0.1) is 24.0 Å². The molecule has 0 aliphatic heterocycles. The predicted molar refractivity (Wildman–Crippen MR) is 117 cm³/mol. The molecule has 2 heterocycles. The highest BCUT2D eigenvalue weighted by Gasteiger charge is 2.17. The van der Waals surface area contributed by atoms with E-state index in [0.717, 1.165) is 16.7 Å². The molecule has 31 heavy (non-hydrogen) atoms. The lowest BCUT2D eigenvalue weighted by atomic mass is 10.1. The molecule has 5 rings (SSSR count). The molecular formula is C24H19FN4O2. The van der Waals surface area contributed by atoms with E-state index in [0.29, 0.717) is 17.4 Å². The van der Waals surface area contributed by atoms with Crippen molar-refractivity contribution in [2.24, 2.45) is 0 Å². The maximum absolute atomic E-state index is 13.3. The van der Waals surface area contributed by atoms with Crippen molar-refractivity contribution in [3.05, 3.63) is 116 Å². The van der Waals surface area contributed by atoms with Crippen LogP contribution in [0.25, 0.3) is 16.7 Å². The highest BCUT2D eigenvalue weighted by Crippen LogP contribution is 2.13. The molecule has 7 heteroatoms. The van der Waals surface area contributed by atoms with E-state index in [1.54, 1.807) is 36.4 Å². The molecule has 0 radical (unpaired) electrons. The molecule has 5 aromatic rings. The van der Waals surface area contributed by atoms with E-state index in [1.165, 1.54) is 25.8 Å². The molecule has 0 fully saturated rings. The summed E-state index contributed by atoms with van der Waals surface area (Å²) in [6.45, 7) is 2.47. The Morgan fingerprint density at radius 3 is 2.23 bits per heavy atom. The van der Waals surface area contributed by atoms with E-state index >= 15 is 0 Å². The largest absolute Gasteiger partial charge is 0.352 e. The highest BCUT2D eigenvalue weighted by atomic mass is 19.1. The third-order valence-corrected chi connectivity index (χ3v) is 5.39. The molecule has 0 spiro atoms. The number of nitrogens with zero attached hydrogens (tertiary/aromatic N) is 4. The zero-order chi connectivity index (χ0) is 21.5. The van der Waals surface area contributed by atoms with Crippen LogP contribution in [0.4, 0.5) is 4.39 Å². The summed E-state index contributed by atoms with van der Waals surface area (Å²) in [5, 5.41) is 4.94.